The summed E-state index contributed by atoms with van der Waals surface area (Å²) in [5.41, 5.74) is 1.96. The number of para-hydroxylation sites is 2. The van der Waals surface area contributed by atoms with Gasteiger partial charge >= 0.3 is 0 Å². The molecule has 2 aromatic carbocycles. The number of hydrogen-bond acceptors (Lipinski definition) is 4. The molecule has 0 aliphatic rings. The summed E-state index contributed by atoms with van der Waals surface area (Å²) in [6, 6.07) is 11.5. The van der Waals surface area contributed by atoms with Gasteiger partial charge in [-0.3, -0.25) is 14.9 Å². The third-order valence-corrected chi connectivity index (χ3v) is 3.47. The van der Waals surface area contributed by atoms with Crippen LogP contribution in [-0.4, -0.2) is 17.4 Å². The normalized spacial score (nSPS) is 10.2. The van der Waals surface area contributed by atoms with Gasteiger partial charge in [-0.05, 0) is 36.8 Å². The zero-order chi connectivity index (χ0) is 16.8. The standard InChI is InChI=1S/C16H16ClN3O3/c1-11-10-12(17)6-7-13(11)19-16(21)8-9-18-14-4-2-3-5-15(14)20(22)23/h2-7,10,18H,8-9H2,1H3,(H,19,21). The van der Waals surface area contributed by atoms with Gasteiger partial charge in [0, 0.05) is 29.7 Å². The molecule has 0 aromatic heterocycles. The molecule has 23 heavy (non-hydrogen) atoms. The lowest BCUT2D eigenvalue weighted by Gasteiger charge is -2.10. The molecular formula is C16H16ClN3O3. The number of nitrogens with one attached hydrogen (secondary N) is 2. The number of amides is 1. The van der Waals surface area contributed by atoms with E-state index < -0.39 is 4.92 Å². The van der Waals surface area contributed by atoms with Gasteiger partial charge < -0.3 is 10.6 Å². The van der Waals surface area contributed by atoms with Crippen molar-refractivity contribution < 1.29 is 9.72 Å². The molecule has 0 saturated heterocycles. The summed E-state index contributed by atoms with van der Waals surface area (Å²) in [6.45, 7) is 2.15. The van der Waals surface area contributed by atoms with Crippen LogP contribution in [0, 0.1) is 17.0 Å². The van der Waals surface area contributed by atoms with Crippen molar-refractivity contribution in [3.05, 3.63) is 63.2 Å². The Morgan fingerprint density at radius 1 is 1.22 bits per heavy atom. The van der Waals surface area contributed by atoms with Crippen LogP contribution >= 0.6 is 11.6 Å². The zero-order valence-corrected chi connectivity index (χ0v) is 13.3. The Morgan fingerprint density at radius 2 is 1.96 bits per heavy atom. The van der Waals surface area contributed by atoms with Crippen LogP contribution in [0.1, 0.15) is 12.0 Å². The van der Waals surface area contributed by atoms with Crippen LogP contribution in [0.4, 0.5) is 17.1 Å². The molecule has 2 N–H and O–H groups in total. The highest BCUT2D eigenvalue weighted by atomic mass is 35.5. The molecule has 2 rings (SSSR count). The first-order chi connectivity index (χ1) is 11.0. The summed E-state index contributed by atoms with van der Waals surface area (Å²) < 4.78 is 0. The van der Waals surface area contributed by atoms with Crippen LogP contribution in [0.25, 0.3) is 0 Å². The van der Waals surface area contributed by atoms with Crippen LogP contribution < -0.4 is 10.6 Å². The van der Waals surface area contributed by atoms with Crippen molar-refractivity contribution in [2.75, 3.05) is 17.2 Å². The molecule has 0 radical (unpaired) electrons. The number of nitrogens with zero attached hydrogens (tertiary/aromatic N) is 1. The van der Waals surface area contributed by atoms with Crippen molar-refractivity contribution in [1.82, 2.24) is 0 Å². The minimum absolute atomic E-state index is 0.0125. The highest BCUT2D eigenvalue weighted by molar-refractivity contribution is 6.30. The molecule has 0 saturated carbocycles. The van der Waals surface area contributed by atoms with Gasteiger partial charge in [0.1, 0.15) is 5.69 Å². The van der Waals surface area contributed by atoms with Crippen LogP contribution in [-0.2, 0) is 4.79 Å². The Labute approximate surface area is 138 Å². The Hall–Kier alpha value is -2.60. The quantitative estimate of drug-likeness (QED) is 0.618. The molecule has 0 aliphatic heterocycles. The van der Waals surface area contributed by atoms with Gasteiger partial charge in [0.05, 0.1) is 4.92 Å². The van der Waals surface area contributed by atoms with E-state index in [1.165, 1.54) is 6.07 Å². The number of nitro groups is 1. The van der Waals surface area contributed by atoms with Gasteiger partial charge in [0.25, 0.3) is 5.69 Å². The number of carbonyl (C=O) groups is 1. The van der Waals surface area contributed by atoms with E-state index >= 15 is 0 Å². The van der Waals surface area contributed by atoms with E-state index in [0.29, 0.717) is 22.9 Å². The molecule has 6 nitrogen and oxygen atoms in total. The van der Waals surface area contributed by atoms with Gasteiger partial charge in [-0.2, -0.15) is 0 Å². The van der Waals surface area contributed by atoms with Crippen molar-refractivity contribution in [3.63, 3.8) is 0 Å². The van der Waals surface area contributed by atoms with Crippen LogP contribution in [0.3, 0.4) is 0 Å². The average molecular weight is 334 g/mol. The maximum Gasteiger partial charge on any atom is 0.292 e. The SMILES string of the molecule is Cc1cc(Cl)ccc1NC(=O)CCNc1ccccc1[N+](=O)[O-]. The Morgan fingerprint density at radius 3 is 2.65 bits per heavy atom. The molecule has 0 heterocycles. The first kappa shape index (κ1) is 16.8. The number of nitro benzene ring substituents is 1. The minimum Gasteiger partial charge on any atom is -0.379 e. The first-order valence-corrected chi connectivity index (χ1v) is 7.38. The lowest BCUT2D eigenvalue weighted by Crippen LogP contribution is -2.17. The molecule has 0 bridgehead atoms. The second kappa shape index (κ2) is 7.60. The molecule has 0 atom stereocenters. The van der Waals surface area contributed by atoms with Crippen molar-refractivity contribution in [2.24, 2.45) is 0 Å². The van der Waals surface area contributed by atoms with Crippen LogP contribution in [0.2, 0.25) is 5.02 Å². The number of anilines is 2. The van der Waals surface area contributed by atoms with E-state index in [-0.39, 0.29) is 18.0 Å². The second-order valence-corrected chi connectivity index (χ2v) is 5.39. The molecular weight excluding hydrogens is 318 g/mol. The number of halogens is 1. The molecule has 0 spiro atoms. The fourth-order valence-electron chi connectivity index (χ4n) is 2.07. The van der Waals surface area contributed by atoms with Crippen LogP contribution in [0.5, 0.6) is 0 Å². The smallest absolute Gasteiger partial charge is 0.292 e. The lowest BCUT2D eigenvalue weighted by molar-refractivity contribution is -0.384. The number of carbonyl (C=O) groups excluding carboxylic acids is 1. The monoisotopic (exact) mass is 333 g/mol. The summed E-state index contributed by atoms with van der Waals surface area (Å²) >= 11 is 5.87. The van der Waals surface area contributed by atoms with E-state index in [4.69, 9.17) is 11.6 Å². The van der Waals surface area contributed by atoms with Crippen LogP contribution in [0.15, 0.2) is 42.5 Å². The Bertz CT molecular complexity index is 734. The number of rotatable bonds is 6. The van der Waals surface area contributed by atoms with Gasteiger partial charge in [-0.25, -0.2) is 0 Å². The predicted octanol–water partition coefficient (Wildman–Crippen LogP) is 4.00. The molecule has 120 valence electrons. The largest absolute Gasteiger partial charge is 0.379 e. The molecule has 0 aliphatic carbocycles. The Kier molecular flexibility index (Phi) is 5.54. The minimum atomic E-state index is -0.459. The van der Waals surface area contributed by atoms with E-state index in [2.05, 4.69) is 10.6 Å². The van der Waals surface area contributed by atoms with Crippen molar-refractivity contribution in [2.45, 2.75) is 13.3 Å². The van der Waals surface area contributed by atoms with Gasteiger partial charge in [-0.1, -0.05) is 23.7 Å². The van der Waals surface area contributed by atoms with Crippen molar-refractivity contribution in [3.8, 4) is 0 Å². The van der Waals surface area contributed by atoms with E-state index in [0.717, 1.165) is 5.56 Å². The van der Waals surface area contributed by atoms with Crippen molar-refractivity contribution in [1.29, 1.82) is 0 Å². The van der Waals surface area contributed by atoms with E-state index in [1.54, 1.807) is 36.4 Å². The van der Waals surface area contributed by atoms with Gasteiger partial charge in [0.2, 0.25) is 5.91 Å². The maximum atomic E-state index is 11.9. The molecule has 2 aromatic rings. The average Bonchev–Trinajstić information content (AvgIpc) is 2.50. The second-order valence-electron chi connectivity index (χ2n) is 4.96. The zero-order valence-electron chi connectivity index (χ0n) is 12.5. The van der Waals surface area contributed by atoms with Gasteiger partial charge in [-0.15, -0.1) is 0 Å². The Balaban J connectivity index is 1.89. The lowest BCUT2D eigenvalue weighted by atomic mass is 10.2. The fraction of sp³-hybridized carbons (Fsp3) is 0.188. The third-order valence-electron chi connectivity index (χ3n) is 3.23. The molecule has 1 amide bonds. The highest BCUT2D eigenvalue weighted by Crippen LogP contribution is 2.23. The molecule has 7 heteroatoms. The topological polar surface area (TPSA) is 84.3 Å². The summed E-state index contributed by atoms with van der Waals surface area (Å²) in [4.78, 5) is 22.4. The van der Waals surface area contributed by atoms with E-state index in [1.807, 2.05) is 6.92 Å². The summed E-state index contributed by atoms with van der Waals surface area (Å²) in [5.74, 6) is -0.179. The molecule has 0 unspecified atom stereocenters. The first-order valence-electron chi connectivity index (χ1n) is 7.00. The van der Waals surface area contributed by atoms with E-state index in [9.17, 15) is 14.9 Å². The highest BCUT2D eigenvalue weighted by Gasteiger charge is 2.12. The fourth-order valence-corrected chi connectivity index (χ4v) is 2.30. The van der Waals surface area contributed by atoms with Crippen molar-refractivity contribution >= 4 is 34.6 Å². The number of aryl methyl sites for hydroxylation is 1. The number of benzene rings is 2. The number of hydrogen-bond donors (Lipinski definition) is 2. The summed E-state index contributed by atoms with van der Waals surface area (Å²) in [7, 11) is 0. The summed E-state index contributed by atoms with van der Waals surface area (Å²) in [5, 5.41) is 17.2. The van der Waals surface area contributed by atoms with Gasteiger partial charge in [0.15, 0.2) is 0 Å². The predicted molar refractivity (Wildman–Crippen MR) is 91.0 cm³/mol. The molecule has 0 fully saturated rings. The third kappa shape index (κ3) is 4.69. The maximum absolute atomic E-state index is 11.9. The summed E-state index contributed by atoms with van der Waals surface area (Å²) in [6.07, 6.45) is 0.189.